The predicted molar refractivity (Wildman–Crippen MR) is 110 cm³/mol. The Bertz CT molecular complexity index is 892. The fourth-order valence-corrected chi connectivity index (χ4v) is 4.86. The smallest absolute Gasteiger partial charge is 0.322 e. The van der Waals surface area contributed by atoms with Crippen molar-refractivity contribution in [1.29, 1.82) is 0 Å². The van der Waals surface area contributed by atoms with E-state index in [0.29, 0.717) is 22.3 Å². The van der Waals surface area contributed by atoms with E-state index < -0.39 is 5.82 Å². The summed E-state index contributed by atoms with van der Waals surface area (Å²) in [5.74, 6) is -0.517. The molecule has 2 fully saturated rings. The zero-order chi connectivity index (χ0) is 19.8. The topological polar surface area (TPSA) is 48.5 Å². The second-order valence-corrected chi connectivity index (χ2v) is 8.26. The van der Waals surface area contributed by atoms with Gasteiger partial charge in [-0.25, -0.2) is 9.18 Å². The fourth-order valence-electron chi connectivity index (χ4n) is 4.08. The van der Waals surface area contributed by atoms with Gasteiger partial charge in [-0.2, -0.15) is 0 Å². The molecule has 0 saturated carbocycles. The zero-order valence-corrected chi connectivity index (χ0v) is 17.1. The van der Waals surface area contributed by atoms with E-state index in [2.05, 4.69) is 15.2 Å². The molecule has 1 aromatic heterocycles. The lowest BCUT2D eigenvalue weighted by Crippen LogP contribution is -2.45. The van der Waals surface area contributed by atoms with Crippen LogP contribution in [-0.4, -0.2) is 41.1 Å². The first-order chi connectivity index (χ1) is 13.4. The first-order valence-corrected chi connectivity index (χ1v) is 10.2. The molecule has 1 unspecified atom stereocenters. The van der Waals surface area contributed by atoms with Gasteiger partial charge in [-0.05, 0) is 37.5 Å². The Morgan fingerprint density at radius 3 is 2.50 bits per heavy atom. The first-order valence-electron chi connectivity index (χ1n) is 9.02. The summed E-state index contributed by atoms with van der Waals surface area (Å²) in [7, 11) is 0. The number of aromatic nitrogens is 1. The van der Waals surface area contributed by atoms with Crippen molar-refractivity contribution in [2.24, 2.45) is 0 Å². The minimum Gasteiger partial charge on any atom is -0.367 e. The summed E-state index contributed by atoms with van der Waals surface area (Å²) >= 11 is 18.5. The third-order valence-corrected chi connectivity index (χ3v) is 6.18. The van der Waals surface area contributed by atoms with E-state index in [1.807, 2.05) is 4.90 Å². The molecule has 2 aromatic rings. The van der Waals surface area contributed by atoms with Crippen molar-refractivity contribution in [3.63, 3.8) is 0 Å². The SMILES string of the molecule is O=C(Nc1ccc(F)c(Cl)c1)N1C2CC[C@@H]1CCN(c1c(Cl)cncc1Cl)C2. The minimum atomic E-state index is -0.517. The van der Waals surface area contributed by atoms with Crippen molar-refractivity contribution in [3.8, 4) is 0 Å². The van der Waals surface area contributed by atoms with Crippen molar-refractivity contribution < 1.29 is 9.18 Å². The molecule has 0 radical (unpaired) electrons. The Morgan fingerprint density at radius 1 is 1.07 bits per heavy atom. The summed E-state index contributed by atoms with van der Waals surface area (Å²) in [6.07, 6.45) is 5.82. The molecule has 1 aromatic carbocycles. The number of anilines is 2. The van der Waals surface area contributed by atoms with Crippen LogP contribution in [-0.2, 0) is 0 Å². The molecule has 0 spiro atoms. The van der Waals surface area contributed by atoms with Crippen LogP contribution in [0.15, 0.2) is 30.6 Å². The molecule has 3 heterocycles. The molecule has 9 heteroatoms. The number of amides is 2. The van der Waals surface area contributed by atoms with Crippen LogP contribution in [0, 0.1) is 5.82 Å². The number of nitrogens with zero attached hydrogens (tertiary/aromatic N) is 3. The quantitative estimate of drug-likeness (QED) is 0.671. The van der Waals surface area contributed by atoms with Crippen molar-refractivity contribution >= 4 is 52.2 Å². The maximum Gasteiger partial charge on any atom is 0.322 e. The maximum atomic E-state index is 13.4. The third-order valence-electron chi connectivity index (χ3n) is 5.33. The van der Waals surface area contributed by atoms with Gasteiger partial charge in [0.15, 0.2) is 0 Å². The number of pyridine rings is 1. The van der Waals surface area contributed by atoms with E-state index in [-0.39, 0.29) is 23.1 Å². The minimum absolute atomic E-state index is 0.0233. The van der Waals surface area contributed by atoms with E-state index in [9.17, 15) is 9.18 Å². The highest BCUT2D eigenvalue weighted by Crippen LogP contribution is 2.38. The molecule has 5 nitrogen and oxygen atoms in total. The number of fused-ring (bicyclic) bond motifs is 2. The Labute approximate surface area is 177 Å². The number of nitrogens with one attached hydrogen (secondary N) is 1. The van der Waals surface area contributed by atoms with Gasteiger partial charge in [0.1, 0.15) is 5.82 Å². The number of carbonyl (C=O) groups excluding carboxylic acids is 1. The molecular formula is C19H18Cl3FN4O. The van der Waals surface area contributed by atoms with E-state index in [4.69, 9.17) is 34.8 Å². The summed E-state index contributed by atoms with van der Waals surface area (Å²) in [6.45, 7) is 1.38. The lowest BCUT2D eigenvalue weighted by atomic mass is 10.1. The van der Waals surface area contributed by atoms with Crippen LogP contribution >= 0.6 is 34.8 Å². The van der Waals surface area contributed by atoms with Crippen LogP contribution in [0.4, 0.5) is 20.6 Å². The fraction of sp³-hybridized carbons (Fsp3) is 0.368. The molecule has 2 saturated heterocycles. The molecule has 2 amide bonds. The van der Waals surface area contributed by atoms with E-state index in [1.54, 1.807) is 12.4 Å². The van der Waals surface area contributed by atoms with E-state index >= 15 is 0 Å². The second-order valence-electron chi connectivity index (χ2n) is 7.04. The highest BCUT2D eigenvalue weighted by atomic mass is 35.5. The molecule has 4 rings (SSSR count). The van der Waals surface area contributed by atoms with Gasteiger partial charge in [-0.1, -0.05) is 34.8 Å². The molecule has 2 aliphatic heterocycles. The average Bonchev–Trinajstić information content (AvgIpc) is 2.94. The van der Waals surface area contributed by atoms with Crippen LogP contribution < -0.4 is 10.2 Å². The molecule has 2 aliphatic rings. The zero-order valence-electron chi connectivity index (χ0n) is 14.8. The molecule has 148 valence electrons. The highest BCUT2D eigenvalue weighted by Gasteiger charge is 2.40. The van der Waals surface area contributed by atoms with Crippen LogP contribution in [0.2, 0.25) is 15.1 Å². The standard InChI is InChI=1S/C19H18Cl3FN4O/c20-14-7-11(1-4-17(14)23)25-19(28)27-12-2-3-13(27)10-26(6-5-12)18-15(21)8-24-9-16(18)22/h1,4,7-9,12-13H,2-3,5-6,10H2,(H,25,28)/t12-,13?/m1/s1. The highest BCUT2D eigenvalue weighted by molar-refractivity contribution is 6.38. The van der Waals surface area contributed by atoms with Crippen molar-refractivity contribution in [3.05, 3.63) is 51.5 Å². The predicted octanol–water partition coefficient (Wildman–Crippen LogP) is 5.46. The summed E-state index contributed by atoms with van der Waals surface area (Å²) in [6, 6.07) is 4.11. The Kier molecular flexibility index (Phi) is 5.54. The van der Waals surface area contributed by atoms with Crippen molar-refractivity contribution in [1.82, 2.24) is 9.88 Å². The first kappa shape index (κ1) is 19.6. The molecule has 28 heavy (non-hydrogen) atoms. The molecule has 2 bridgehead atoms. The van der Waals surface area contributed by atoms with Gasteiger partial charge in [-0.3, -0.25) is 4.98 Å². The third kappa shape index (κ3) is 3.73. The largest absolute Gasteiger partial charge is 0.367 e. The Hall–Kier alpha value is -1.76. The molecule has 2 atom stereocenters. The number of halogens is 4. The monoisotopic (exact) mass is 442 g/mol. The lowest BCUT2D eigenvalue weighted by Gasteiger charge is -2.30. The number of rotatable bonds is 2. The second kappa shape index (κ2) is 7.93. The van der Waals surface area contributed by atoms with Gasteiger partial charge in [0.25, 0.3) is 0 Å². The number of hydrogen-bond donors (Lipinski definition) is 1. The number of hydrogen-bond acceptors (Lipinski definition) is 3. The Morgan fingerprint density at radius 2 is 1.79 bits per heavy atom. The molecular weight excluding hydrogens is 426 g/mol. The van der Waals surface area contributed by atoms with Crippen LogP contribution in [0.25, 0.3) is 0 Å². The van der Waals surface area contributed by atoms with E-state index in [0.717, 1.165) is 31.5 Å². The van der Waals surface area contributed by atoms with Crippen LogP contribution in [0.1, 0.15) is 19.3 Å². The molecule has 1 N–H and O–H groups in total. The van der Waals surface area contributed by atoms with Crippen LogP contribution in [0.3, 0.4) is 0 Å². The normalized spacial score (nSPS) is 21.6. The van der Waals surface area contributed by atoms with Gasteiger partial charge in [0.2, 0.25) is 0 Å². The number of carbonyl (C=O) groups is 1. The van der Waals surface area contributed by atoms with Gasteiger partial charge in [0, 0.05) is 37.2 Å². The number of urea groups is 1. The summed E-state index contributed by atoms with van der Waals surface area (Å²) < 4.78 is 13.4. The van der Waals surface area contributed by atoms with Crippen molar-refractivity contribution in [2.45, 2.75) is 31.3 Å². The summed E-state index contributed by atoms with van der Waals surface area (Å²) in [4.78, 5) is 21.0. The average molecular weight is 444 g/mol. The van der Waals surface area contributed by atoms with Gasteiger partial charge in [-0.15, -0.1) is 0 Å². The number of benzene rings is 1. The molecule has 0 aliphatic carbocycles. The van der Waals surface area contributed by atoms with Gasteiger partial charge >= 0.3 is 6.03 Å². The van der Waals surface area contributed by atoms with Crippen molar-refractivity contribution in [2.75, 3.05) is 23.3 Å². The summed E-state index contributed by atoms with van der Waals surface area (Å²) in [5.41, 5.74) is 1.23. The Balaban J connectivity index is 1.53. The maximum absolute atomic E-state index is 13.4. The van der Waals surface area contributed by atoms with E-state index in [1.165, 1.54) is 18.2 Å². The van der Waals surface area contributed by atoms with Gasteiger partial charge < -0.3 is 15.1 Å². The summed E-state index contributed by atoms with van der Waals surface area (Å²) in [5, 5.41) is 3.82. The van der Waals surface area contributed by atoms with Crippen LogP contribution in [0.5, 0.6) is 0 Å². The van der Waals surface area contributed by atoms with Gasteiger partial charge in [0.05, 0.1) is 26.8 Å². The lowest BCUT2D eigenvalue weighted by molar-refractivity contribution is 0.190.